The minimum absolute atomic E-state index is 0.239. The van der Waals surface area contributed by atoms with E-state index in [9.17, 15) is 8.78 Å². The number of aryl methyl sites for hydroxylation is 5. The highest BCUT2D eigenvalue weighted by atomic mass is 19.2. The van der Waals surface area contributed by atoms with E-state index in [0.717, 1.165) is 37.1 Å². The minimum Gasteiger partial charge on any atom is -0.206 e. The third kappa shape index (κ3) is 5.73. The second-order valence-electron chi connectivity index (χ2n) is 8.49. The van der Waals surface area contributed by atoms with Crippen LogP contribution in [0.4, 0.5) is 13.2 Å². The Labute approximate surface area is 193 Å². The van der Waals surface area contributed by atoms with Crippen LogP contribution < -0.4 is 0 Å². The first-order valence-electron chi connectivity index (χ1n) is 11.4. The van der Waals surface area contributed by atoms with E-state index in [1.807, 2.05) is 24.3 Å². The topological polar surface area (TPSA) is 0 Å². The van der Waals surface area contributed by atoms with Crippen LogP contribution in [0, 0.1) is 17.5 Å². The van der Waals surface area contributed by atoms with Crippen molar-refractivity contribution in [3.8, 4) is 0 Å². The van der Waals surface area contributed by atoms with Gasteiger partial charge < -0.3 is 0 Å². The predicted octanol–water partition coefficient (Wildman–Crippen LogP) is 7.95. The number of fused-ring (bicyclic) bond motifs is 1. The highest BCUT2D eigenvalue weighted by Gasteiger charge is 2.10. The van der Waals surface area contributed by atoms with E-state index in [-0.39, 0.29) is 5.82 Å². The minimum atomic E-state index is -0.873. The zero-order chi connectivity index (χ0) is 23.2. The molecule has 0 atom stereocenters. The molecule has 33 heavy (non-hydrogen) atoms. The molecule has 0 bridgehead atoms. The molecule has 0 aliphatic rings. The van der Waals surface area contributed by atoms with Crippen molar-refractivity contribution in [2.45, 2.75) is 38.5 Å². The predicted molar refractivity (Wildman–Crippen MR) is 130 cm³/mol. The standard InChI is InChI=1S/C30H27F3/c1-2-3-4-21-5-7-22(8-6-21)9-10-23-12-17-27-26(19-23)16-15-25(30(27)33)14-11-24-13-18-28(31)29(32)20-24/h2,5-8,12-13,15-20H,1,3-4,9-11,14H2. The van der Waals surface area contributed by atoms with Crippen LogP contribution in [0.2, 0.25) is 0 Å². The first-order chi connectivity index (χ1) is 16.0. The first-order valence-corrected chi connectivity index (χ1v) is 11.4. The molecule has 0 aliphatic heterocycles. The summed E-state index contributed by atoms with van der Waals surface area (Å²) >= 11 is 0. The van der Waals surface area contributed by atoms with Crippen LogP contribution in [0.15, 0.2) is 85.5 Å². The fourth-order valence-electron chi connectivity index (χ4n) is 4.14. The van der Waals surface area contributed by atoms with Gasteiger partial charge in [0.05, 0.1) is 0 Å². The molecule has 0 amide bonds. The number of allylic oxidation sites excluding steroid dienone is 1. The lowest BCUT2D eigenvalue weighted by molar-refractivity contribution is 0.507. The van der Waals surface area contributed by atoms with E-state index in [2.05, 4.69) is 36.9 Å². The van der Waals surface area contributed by atoms with Gasteiger partial charge in [0, 0.05) is 5.39 Å². The van der Waals surface area contributed by atoms with Gasteiger partial charge in [-0.05, 0) is 83.9 Å². The van der Waals surface area contributed by atoms with Gasteiger partial charge >= 0.3 is 0 Å². The summed E-state index contributed by atoms with van der Waals surface area (Å²) in [6, 6.07) is 22.2. The zero-order valence-electron chi connectivity index (χ0n) is 18.6. The summed E-state index contributed by atoms with van der Waals surface area (Å²) in [4.78, 5) is 0. The van der Waals surface area contributed by atoms with Gasteiger partial charge in [-0.3, -0.25) is 0 Å². The van der Waals surface area contributed by atoms with Crippen molar-refractivity contribution in [1.29, 1.82) is 0 Å². The Kier molecular flexibility index (Phi) is 7.29. The van der Waals surface area contributed by atoms with Crippen LogP contribution in [-0.2, 0) is 32.1 Å². The van der Waals surface area contributed by atoms with E-state index in [0.29, 0.717) is 29.4 Å². The Hall–Kier alpha value is -3.33. The van der Waals surface area contributed by atoms with Crippen LogP contribution >= 0.6 is 0 Å². The molecule has 3 heteroatoms. The quantitative estimate of drug-likeness (QED) is 0.230. The maximum absolute atomic E-state index is 15.1. The Balaban J connectivity index is 1.41. The SMILES string of the molecule is C=CCCc1ccc(CCc2ccc3c(F)c(CCc4ccc(F)c(F)c4)ccc3c2)cc1. The van der Waals surface area contributed by atoms with Crippen molar-refractivity contribution in [1.82, 2.24) is 0 Å². The molecule has 4 rings (SSSR count). The molecule has 168 valence electrons. The molecule has 0 aliphatic carbocycles. The fraction of sp³-hybridized carbons (Fsp3) is 0.200. The van der Waals surface area contributed by atoms with Crippen molar-refractivity contribution in [2.24, 2.45) is 0 Å². The molecular formula is C30H27F3. The third-order valence-electron chi connectivity index (χ3n) is 6.13. The van der Waals surface area contributed by atoms with Gasteiger partial charge in [0.2, 0.25) is 0 Å². The van der Waals surface area contributed by atoms with Gasteiger partial charge in [-0.25, -0.2) is 13.2 Å². The van der Waals surface area contributed by atoms with Crippen molar-refractivity contribution >= 4 is 10.8 Å². The van der Waals surface area contributed by atoms with Crippen LogP contribution in [0.25, 0.3) is 10.8 Å². The highest BCUT2D eigenvalue weighted by molar-refractivity contribution is 5.84. The average molecular weight is 445 g/mol. The molecule has 0 saturated heterocycles. The van der Waals surface area contributed by atoms with Crippen molar-refractivity contribution < 1.29 is 13.2 Å². The second kappa shape index (κ2) is 10.5. The Bertz CT molecular complexity index is 1260. The van der Waals surface area contributed by atoms with Gasteiger partial charge in [-0.2, -0.15) is 0 Å². The second-order valence-corrected chi connectivity index (χ2v) is 8.49. The molecule has 0 radical (unpaired) electrons. The Morgan fingerprint density at radius 2 is 1.18 bits per heavy atom. The van der Waals surface area contributed by atoms with E-state index in [1.54, 1.807) is 12.1 Å². The molecule has 0 spiro atoms. The first kappa shape index (κ1) is 22.8. The number of benzene rings is 4. The van der Waals surface area contributed by atoms with Gasteiger partial charge in [0.1, 0.15) is 5.82 Å². The molecule has 0 heterocycles. The lowest BCUT2D eigenvalue weighted by atomic mass is 9.97. The molecule has 0 fully saturated rings. The smallest absolute Gasteiger partial charge is 0.159 e. The van der Waals surface area contributed by atoms with E-state index >= 15 is 4.39 Å². The maximum atomic E-state index is 15.1. The summed E-state index contributed by atoms with van der Waals surface area (Å²) in [5, 5.41) is 1.47. The summed E-state index contributed by atoms with van der Waals surface area (Å²) in [7, 11) is 0. The number of halogens is 3. The van der Waals surface area contributed by atoms with Crippen LogP contribution in [0.1, 0.15) is 34.2 Å². The molecule has 0 aromatic heterocycles. The number of hydrogen-bond acceptors (Lipinski definition) is 0. The number of hydrogen-bond donors (Lipinski definition) is 0. The zero-order valence-corrected chi connectivity index (χ0v) is 18.6. The Morgan fingerprint density at radius 1 is 0.576 bits per heavy atom. The normalized spacial score (nSPS) is 11.1. The summed E-state index contributed by atoms with van der Waals surface area (Å²) in [5.74, 6) is -1.98. The molecular weight excluding hydrogens is 417 g/mol. The van der Waals surface area contributed by atoms with Crippen molar-refractivity contribution in [2.75, 3.05) is 0 Å². The van der Waals surface area contributed by atoms with Gasteiger partial charge in [0.25, 0.3) is 0 Å². The van der Waals surface area contributed by atoms with E-state index in [4.69, 9.17) is 0 Å². The molecule has 0 nitrogen and oxygen atoms in total. The molecule has 4 aromatic carbocycles. The lowest BCUT2D eigenvalue weighted by Gasteiger charge is -2.09. The molecule has 0 saturated carbocycles. The van der Waals surface area contributed by atoms with Gasteiger partial charge in [0.15, 0.2) is 11.6 Å². The summed E-state index contributed by atoms with van der Waals surface area (Å²) in [6.45, 7) is 3.77. The largest absolute Gasteiger partial charge is 0.206 e. The Morgan fingerprint density at radius 3 is 1.91 bits per heavy atom. The molecule has 0 N–H and O–H groups in total. The monoisotopic (exact) mass is 444 g/mol. The average Bonchev–Trinajstić information content (AvgIpc) is 2.83. The molecule has 4 aromatic rings. The van der Waals surface area contributed by atoms with E-state index < -0.39 is 11.6 Å². The van der Waals surface area contributed by atoms with Gasteiger partial charge in [-0.15, -0.1) is 6.58 Å². The summed E-state index contributed by atoms with van der Waals surface area (Å²) < 4.78 is 41.6. The summed E-state index contributed by atoms with van der Waals surface area (Å²) in [6.07, 6.45) is 6.64. The van der Waals surface area contributed by atoms with Crippen molar-refractivity contribution in [3.05, 3.63) is 131 Å². The van der Waals surface area contributed by atoms with Crippen LogP contribution in [0.5, 0.6) is 0 Å². The van der Waals surface area contributed by atoms with Crippen LogP contribution in [0.3, 0.4) is 0 Å². The lowest BCUT2D eigenvalue weighted by Crippen LogP contribution is -1.98. The number of rotatable bonds is 9. The van der Waals surface area contributed by atoms with E-state index in [1.165, 1.54) is 22.8 Å². The molecule has 0 unspecified atom stereocenters. The van der Waals surface area contributed by atoms with Crippen LogP contribution in [-0.4, -0.2) is 0 Å². The van der Waals surface area contributed by atoms with Crippen molar-refractivity contribution in [3.63, 3.8) is 0 Å². The fourth-order valence-corrected chi connectivity index (χ4v) is 4.14. The van der Waals surface area contributed by atoms with Gasteiger partial charge in [-0.1, -0.05) is 66.7 Å². The third-order valence-corrected chi connectivity index (χ3v) is 6.13. The maximum Gasteiger partial charge on any atom is 0.159 e. The highest BCUT2D eigenvalue weighted by Crippen LogP contribution is 2.24. The summed E-state index contributed by atoms with van der Waals surface area (Å²) in [5.41, 5.74) is 5.01.